The van der Waals surface area contributed by atoms with Gasteiger partial charge in [0.05, 0.1) is 0 Å². The summed E-state index contributed by atoms with van der Waals surface area (Å²) >= 11 is 0. The Morgan fingerprint density at radius 3 is 2.67 bits per heavy atom. The summed E-state index contributed by atoms with van der Waals surface area (Å²) in [7, 11) is 0. The van der Waals surface area contributed by atoms with Gasteiger partial charge in [0.15, 0.2) is 0 Å². The summed E-state index contributed by atoms with van der Waals surface area (Å²) in [6, 6.07) is 6.06. The standard InChI is InChI=1S/C12H20N2O/c1-8(7-15)10(3)14-12-6-4-5-11(13)9(12)2/h4-6,8,10,14-15H,7,13H2,1-3H3. The van der Waals surface area contributed by atoms with Crippen LogP contribution in [0, 0.1) is 12.8 Å². The minimum Gasteiger partial charge on any atom is -0.398 e. The van der Waals surface area contributed by atoms with Crippen LogP contribution >= 0.6 is 0 Å². The summed E-state index contributed by atoms with van der Waals surface area (Å²) in [5, 5.41) is 12.4. The Kier molecular flexibility index (Phi) is 3.97. The van der Waals surface area contributed by atoms with Crippen LogP contribution in [-0.2, 0) is 0 Å². The molecular formula is C12H20N2O. The maximum Gasteiger partial charge on any atom is 0.0476 e. The lowest BCUT2D eigenvalue weighted by molar-refractivity contribution is 0.226. The second-order valence-electron chi connectivity index (χ2n) is 4.11. The molecule has 0 aliphatic carbocycles. The zero-order valence-electron chi connectivity index (χ0n) is 9.62. The molecule has 0 saturated carbocycles. The van der Waals surface area contributed by atoms with E-state index in [-0.39, 0.29) is 18.6 Å². The lowest BCUT2D eigenvalue weighted by Gasteiger charge is -2.22. The maximum absolute atomic E-state index is 9.04. The molecule has 0 aliphatic heterocycles. The molecule has 2 unspecified atom stereocenters. The summed E-state index contributed by atoms with van der Waals surface area (Å²) in [4.78, 5) is 0. The SMILES string of the molecule is Cc1c(N)cccc1NC(C)C(C)CO. The molecule has 1 aromatic rings. The molecule has 0 saturated heterocycles. The number of nitrogens with two attached hydrogens (primary N) is 1. The van der Waals surface area contributed by atoms with E-state index in [2.05, 4.69) is 12.2 Å². The lowest BCUT2D eigenvalue weighted by Crippen LogP contribution is -2.26. The van der Waals surface area contributed by atoms with Gasteiger partial charge in [-0.05, 0) is 37.5 Å². The van der Waals surface area contributed by atoms with E-state index in [0.29, 0.717) is 0 Å². The van der Waals surface area contributed by atoms with Crippen molar-refractivity contribution in [1.29, 1.82) is 0 Å². The molecule has 3 heteroatoms. The van der Waals surface area contributed by atoms with Crippen LogP contribution in [0.1, 0.15) is 19.4 Å². The second kappa shape index (κ2) is 5.03. The Bertz CT molecular complexity index is 325. The molecular weight excluding hydrogens is 188 g/mol. The Labute approximate surface area is 91.3 Å². The van der Waals surface area contributed by atoms with Crippen LogP contribution in [0.5, 0.6) is 0 Å². The molecule has 1 aromatic carbocycles. The van der Waals surface area contributed by atoms with Gasteiger partial charge in [0.1, 0.15) is 0 Å². The van der Waals surface area contributed by atoms with Crippen LogP contribution in [0.4, 0.5) is 11.4 Å². The van der Waals surface area contributed by atoms with E-state index >= 15 is 0 Å². The van der Waals surface area contributed by atoms with Gasteiger partial charge in [-0.25, -0.2) is 0 Å². The predicted octanol–water partition coefficient (Wildman–Crippen LogP) is 2.01. The van der Waals surface area contributed by atoms with E-state index in [1.54, 1.807) is 0 Å². The van der Waals surface area contributed by atoms with Crippen molar-refractivity contribution in [3.63, 3.8) is 0 Å². The molecule has 1 rings (SSSR count). The Morgan fingerprint density at radius 1 is 1.40 bits per heavy atom. The third kappa shape index (κ3) is 2.86. The minimum atomic E-state index is 0.190. The highest BCUT2D eigenvalue weighted by atomic mass is 16.3. The van der Waals surface area contributed by atoms with Gasteiger partial charge in [-0.3, -0.25) is 0 Å². The number of anilines is 2. The molecule has 2 atom stereocenters. The average molecular weight is 208 g/mol. The first-order valence-electron chi connectivity index (χ1n) is 5.28. The van der Waals surface area contributed by atoms with Crippen LogP contribution in [0.2, 0.25) is 0 Å². The zero-order valence-corrected chi connectivity index (χ0v) is 9.62. The molecule has 15 heavy (non-hydrogen) atoms. The number of aliphatic hydroxyl groups is 1. The summed E-state index contributed by atoms with van der Waals surface area (Å²) in [6.45, 7) is 6.26. The Morgan fingerprint density at radius 2 is 2.07 bits per heavy atom. The molecule has 0 aliphatic rings. The molecule has 0 bridgehead atoms. The van der Waals surface area contributed by atoms with Crippen LogP contribution in [-0.4, -0.2) is 17.8 Å². The number of nitrogens with one attached hydrogen (secondary N) is 1. The fourth-order valence-corrected chi connectivity index (χ4v) is 1.36. The van der Waals surface area contributed by atoms with Gasteiger partial charge in [0, 0.05) is 24.0 Å². The number of hydrogen-bond donors (Lipinski definition) is 3. The van der Waals surface area contributed by atoms with Gasteiger partial charge < -0.3 is 16.2 Å². The fourth-order valence-electron chi connectivity index (χ4n) is 1.36. The molecule has 0 spiro atoms. The van der Waals surface area contributed by atoms with Crippen molar-refractivity contribution in [2.75, 3.05) is 17.7 Å². The van der Waals surface area contributed by atoms with E-state index in [4.69, 9.17) is 10.8 Å². The Hall–Kier alpha value is -1.22. The first-order chi connectivity index (χ1) is 7.06. The largest absolute Gasteiger partial charge is 0.398 e. The van der Waals surface area contributed by atoms with E-state index in [0.717, 1.165) is 16.9 Å². The summed E-state index contributed by atoms with van der Waals surface area (Å²) < 4.78 is 0. The minimum absolute atomic E-state index is 0.190. The van der Waals surface area contributed by atoms with Gasteiger partial charge >= 0.3 is 0 Å². The van der Waals surface area contributed by atoms with Crippen molar-refractivity contribution in [1.82, 2.24) is 0 Å². The third-order valence-electron chi connectivity index (χ3n) is 2.90. The van der Waals surface area contributed by atoms with Gasteiger partial charge in [-0.1, -0.05) is 13.0 Å². The summed E-state index contributed by atoms with van der Waals surface area (Å²) in [5.41, 5.74) is 8.72. The number of benzene rings is 1. The van der Waals surface area contributed by atoms with Gasteiger partial charge in [0.2, 0.25) is 0 Å². The predicted molar refractivity (Wildman–Crippen MR) is 64.9 cm³/mol. The molecule has 0 radical (unpaired) electrons. The maximum atomic E-state index is 9.04. The molecule has 0 heterocycles. The topological polar surface area (TPSA) is 58.3 Å². The monoisotopic (exact) mass is 208 g/mol. The molecule has 4 N–H and O–H groups in total. The van der Waals surface area contributed by atoms with E-state index in [1.807, 2.05) is 32.0 Å². The molecule has 3 nitrogen and oxygen atoms in total. The van der Waals surface area contributed by atoms with Crippen LogP contribution in [0.25, 0.3) is 0 Å². The highest BCUT2D eigenvalue weighted by Gasteiger charge is 2.11. The zero-order chi connectivity index (χ0) is 11.4. The Balaban J connectivity index is 2.76. The lowest BCUT2D eigenvalue weighted by atomic mass is 10.0. The molecule has 0 aromatic heterocycles. The quantitative estimate of drug-likeness (QED) is 0.663. The summed E-state index contributed by atoms with van der Waals surface area (Å²) in [5.74, 6) is 0.228. The third-order valence-corrected chi connectivity index (χ3v) is 2.90. The van der Waals surface area contributed by atoms with Crippen LogP contribution < -0.4 is 11.1 Å². The second-order valence-corrected chi connectivity index (χ2v) is 4.11. The van der Waals surface area contributed by atoms with Crippen LogP contribution in [0.15, 0.2) is 18.2 Å². The van der Waals surface area contributed by atoms with Crippen LogP contribution in [0.3, 0.4) is 0 Å². The fraction of sp³-hybridized carbons (Fsp3) is 0.500. The van der Waals surface area contributed by atoms with Crippen molar-refractivity contribution >= 4 is 11.4 Å². The molecule has 84 valence electrons. The molecule has 0 fully saturated rings. The number of nitrogen functional groups attached to an aromatic ring is 1. The van der Waals surface area contributed by atoms with Gasteiger partial charge in [-0.15, -0.1) is 0 Å². The first kappa shape index (κ1) is 11.9. The number of hydrogen-bond acceptors (Lipinski definition) is 3. The normalized spacial score (nSPS) is 14.7. The van der Waals surface area contributed by atoms with Crippen molar-refractivity contribution in [2.24, 2.45) is 5.92 Å². The smallest absolute Gasteiger partial charge is 0.0476 e. The average Bonchev–Trinajstić information content (AvgIpc) is 2.23. The number of aliphatic hydroxyl groups excluding tert-OH is 1. The highest BCUT2D eigenvalue weighted by Crippen LogP contribution is 2.22. The van der Waals surface area contributed by atoms with Gasteiger partial charge in [0.25, 0.3) is 0 Å². The van der Waals surface area contributed by atoms with Crippen molar-refractivity contribution < 1.29 is 5.11 Å². The van der Waals surface area contributed by atoms with Crippen molar-refractivity contribution in [3.8, 4) is 0 Å². The first-order valence-corrected chi connectivity index (χ1v) is 5.28. The summed E-state index contributed by atoms with van der Waals surface area (Å²) in [6.07, 6.45) is 0. The van der Waals surface area contributed by atoms with E-state index < -0.39 is 0 Å². The molecule has 0 amide bonds. The van der Waals surface area contributed by atoms with Crippen molar-refractivity contribution in [3.05, 3.63) is 23.8 Å². The van der Waals surface area contributed by atoms with Crippen molar-refractivity contribution in [2.45, 2.75) is 26.8 Å². The highest BCUT2D eigenvalue weighted by molar-refractivity contribution is 5.63. The van der Waals surface area contributed by atoms with E-state index in [1.165, 1.54) is 0 Å². The van der Waals surface area contributed by atoms with E-state index in [9.17, 15) is 0 Å². The van der Waals surface area contributed by atoms with Gasteiger partial charge in [-0.2, -0.15) is 0 Å². The number of rotatable bonds is 4.